The molecule has 0 aliphatic carbocycles. The van der Waals surface area contributed by atoms with Crippen LogP contribution < -0.4 is 4.74 Å². The summed E-state index contributed by atoms with van der Waals surface area (Å²) >= 11 is 0. The summed E-state index contributed by atoms with van der Waals surface area (Å²) in [4.78, 5) is 10.9. The Kier molecular flexibility index (Phi) is 3.21. The second-order valence-corrected chi connectivity index (χ2v) is 5.66. The topological polar surface area (TPSA) is 122 Å². The number of carbonyl (C=O) groups is 1. The second kappa shape index (κ2) is 4.69. The van der Waals surface area contributed by atoms with Gasteiger partial charge >= 0.3 is 5.97 Å². The lowest BCUT2D eigenvalue weighted by Gasteiger charge is -2.04. The molecular weight excluding hydrogens is 274 g/mol. The van der Waals surface area contributed by atoms with Gasteiger partial charge in [0.1, 0.15) is 5.75 Å². The third kappa shape index (κ3) is 2.88. The van der Waals surface area contributed by atoms with Gasteiger partial charge in [-0.25, -0.2) is 18.3 Å². The van der Waals surface area contributed by atoms with E-state index in [-0.39, 0.29) is 22.2 Å². The van der Waals surface area contributed by atoms with Crippen molar-refractivity contribution in [2.24, 2.45) is 0 Å². The van der Waals surface area contributed by atoms with Crippen molar-refractivity contribution in [2.75, 3.05) is 6.26 Å². The van der Waals surface area contributed by atoms with Crippen LogP contribution in [0, 0.1) is 0 Å². The summed E-state index contributed by atoms with van der Waals surface area (Å²) < 4.78 is 27.7. The van der Waals surface area contributed by atoms with E-state index in [9.17, 15) is 13.2 Å². The fourth-order valence-electron chi connectivity index (χ4n) is 1.30. The molecule has 1 heterocycles. The van der Waals surface area contributed by atoms with Crippen LogP contribution in [0.15, 0.2) is 29.2 Å². The minimum Gasteiger partial charge on any atom is -0.476 e. The van der Waals surface area contributed by atoms with E-state index in [4.69, 9.17) is 9.84 Å². The molecule has 0 saturated carbocycles. The first-order chi connectivity index (χ1) is 8.88. The SMILES string of the molecule is CS(=O)(=O)c1ccc(Oc2[nH]nnc2C(=O)O)cc1. The predicted molar refractivity (Wildman–Crippen MR) is 63.0 cm³/mol. The van der Waals surface area contributed by atoms with Crippen LogP contribution in [0.4, 0.5) is 0 Å². The summed E-state index contributed by atoms with van der Waals surface area (Å²) in [6.45, 7) is 0. The molecular formula is C10H9N3O5S. The van der Waals surface area contributed by atoms with Crippen LogP contribution in [0.3, 0.4) is 0 Å². The van der Waals surface area contributed by atoms with Crippen LogP contribution in [0.5, 0.6) is 11.6 Å². The standard InChI is InChI=1S/C10H9N3O5S/c1-19(16,17)7-4-2-6(3-5-7)18-9-8(10(14)15)11-13-12-9/h2-5H,1H3,(H,14,15)(H,11,12,13). The summed E-state index contributed by atoms with van der Waals surface area (Å²) in [5.41, 5.74) is -0.354. The van der Waals surface area contributed by atoms with E-state index < -0.39 is 15.8 Å². The van der Waals surface area contributed by atoms with E-state index in [1.165, 1.54) is 24.3 Å². The largest absolute Gasteiger partial charge is 0.476 e. The van der Waals surface area contributed by atoms with Gasteiger partial charge in [0.25, 0.3) is 5.88 Å². The molecule has 8 nitrogen and oxygen atoms in total. The molecule has 9 heteroatoms. The lowest BCUT2D eigenvalue weighted by atomic mass is 10.3. The molecule has 0 atom stereocenters. The van der Waals surface area contributed by atoms with E-state index in [2.05, 4.69) is 15.4 Å². The van der Waals surface area contributed by atoms with Crippen LogP contribution in [0.2, 0.25) is 0 Å². The second-order valence-electron chi connectivity index (χ2n) is 3.64. The maximum Gasteiger partial charge on any atom is 0.362 e. The number of H-pyrrole nitrogens is 1. The molecule has 2 rings (SSSR count). The van der Waals surface area contributed by atoms with Crippen molar-refractivity contribution in [1.82, 2.24) is 15.4 Å². The van der Waals surface area contributed by atoms with Crippen molar-refractivity contribution < 1.29 is 23.1 Å². The third-order valence-electron chi connectivity index (χ3n) is 2.19. The van der Waals surface area contributed by atoms with Gasteiger partial charge in [0.05, 0.1) is 4.90 Å². The van der Waals surface area contributed by atoms with Crippen molar-refractivity contribution in [1.29, 1.82) is 0 Å². The quantitative estimate of drug-likeness (QED) is 0.846. The fourth-order valence-corrected chi connectivity index (χ4v) is 1.93. The van der Waals surface area contributed by atoms with Crippen LogP contribution >= 0.6 is 0 Å². The molecule has 0 unspecified atom stereocenters. The van der Waals surface area contributed by atoms with Gasteiger partial charge in [-0.2, -0.15) is 0 Å². The van der Waals surface area contributed by atoms with Crippen LogP contribution in [-0.2, 0) is 9.84 Å². The first-order valence-corrected chi connectivity index (χ1v) is 6.89. The average molecular weight is 283 g/mol. The van der Waals surface area contributed by atoms with Gasteiger partial charge in [-0.15, -0.1) is 5.10 Å². The van der Waals surface area contributed by atoms with E-state index in [0.29, 0.717) is 0 Å². The summed E-state index contributed by atoms with van der Waals surface area (Å²) in [5.74, 6) is -1.14. The number of hydrogen-bond acceptors (Lipinski definition) is 6. The molecule has 0 aliphatic heterocycles. The minimum atomic E-state index is -3.29. The van der Waals surface area contributed by atoms with Gasteiger partial charge in [0, 0.05) is 6.26 Å². The van der Waals surface area contributed by atoms with Crippen molar-refractivity contribution >= 4 is 15.8 Å². The summed E-state index contributed by atoms with van der Waals surface area (Å²) in [7, 11) is -3.29. The lowest BCUT2D eigenvalue weighted by Crippen LogP contribution is -2.00. The molecule has 0 bridgehead atoms. The Morgan fingerprint density at radius 3 is 2.47 bits per heavy atom. The average Bonchev–Trinajstić information content (AvgIpc) is 2.77. The van der Waals surface area contributed by atoms with Crippen molar-refractivity contribution in [3.8, 4) is 11.6 Å². The number of nitrogens with zero attached hydrogens (tertiary/aromatic N) is 2. The molecule has 0 radical (unpaired) electrons. The molecule has 1 aromatic carbocycles. The van der Waals surface area contributed by atoms with Crippen LogP contribution in [0.1, 0.15) is 10.5 Å². The number of rotatable bonds is 4. The Morgan fingerprint density at radius 1 is 1.32 bits per heavy atom. The van der Waals surface area contributed by atoms with E-state index in [1.54, 1.807) is 0 Å². The van der Waals surface area contributed by atoms with E-state index in [1.807, 2.05) is 0 Å². The smallest absolute Gasteiger partial charge is 0.362 e. The van der Waals surface area contributed by atoms with E-state index >= 15 is 0 Å². The first kappa shape index (κ1) is 13.0. The zero-order valence-electron chi connectivity index (χ0n) is 9.69. The molecule has 100 valence electrons. The number of carboxylic acids is 1. The molecule has 0 amide bonds. The number of ether oxygens (including phenoxy) is 1. The fraction of sp³-hybridized carbons (Fsp3) is 0.100. The van der Waals surface area contributed by atoms with Crippen molar-refractivity contribution in [3.63, 3.8) is 0 Å². The van der Waals surface area contributed by atoms with Crippen molar-refractivity contribution in [3.05, 3.63) is 30.0 Å². The van der Waals surface area contributed by atoms with Crippen LogP contribution in [0.25, 0.3) is 0 Å². The summed E-state index contributed by atoms with van der Waals surface area (Å²) in [6, 6.07) is 5.52. The Balaban J connectivity index is 2.25. The molecule has 0 fully saturated rings. The van der Waals surface area contributed by atoms with Gasteiger partial charge in [0.15, 0.2) is 9.84 Å². The molecule has 2 aromatic rings. The summed E-state index contributed by atoms with van der Waals surface area (Å²) in [5, 5.41) is 17.8. The first-order valence-electron chi connectivity index (χ1n) is 5.00. The van der Waals surface area contributed by atoms with Gasteiger partial charge in [-0.05, 0) is 24.3 Å². The Hall–Kier alpha value is -2.42. The highest BCUT2D eigenvalue weighted by Crippen LogP contribution is 2.22. The lowest BCUT2D eigenvalue weighted by molar-refractivity contribution is 0.0687. The highest BCUT2D eigenvalue weighted by Gasteiger charge is 2.17. The van der Waals surface area contributed by atoms with Gasteiger partial charge in [-0.1, -0.05) is 5.21 Å². The van der Waals surface area contributed by atoms with Gasteiger partial charge in [-0.3, -0.25) is 0 Å². The van der Waals surface area contributed by atoms with E-state index in [0.717, 1.165) is 6.26 Å². The van der Waals surface area contributed by atoms with Crippen molar-refractivity contribution in [2.45, 2.75) is 4.90 Å². The number of sulfone groups is 1. The third-order valence-corrected chi connectivity index (χ3v) is 3.32. The van der Waals surface area contributed by atoms with Gasteiger partial charge in [0.2, 0.25) is 5.69 Å². The number of aromatic nitrogens is 3. The molecule has 19 heavy (non-hydrogen) atoms. The molecule has 0 saturated heterocycles. The number of carboxylic acid groups (broad SMARTS) is 1. The maximum absolute atomic E-state index is 11.3. The molecule has 0 spiro atoms. The summed E-state index contributed by atoms with van der Waals surface area (Å²) in [6.07, 6.45) is 1.09. The van der Waals surface area contributed by atoms with Gasteiger partial charge < -0.3 is 9.84 Å². The molecule has 0 aliphatic rings. The Labute approximate surface area is 107 Å². The predicted octanol–water partition coefficient (Wildman–Crippen LogP) is 0.699. The maximum atomic E-state index is 11.3. The number of hydrogen-bond donors (Lipinski definition) is 2. The molecule has 2 N–H and O–H groups in total. The number of benzene rings is 1. The monoisotopic (exact) mass is 283 g/mol. The highest BCUT2D eigenvalue weighted by atomic mass is 32.2. The zero-order valence-corrected chi connectivity index (χ0v) is 10.5. The highest BCUT2D eigenvalue weighted by molar-refractivity contribution is 7.90. The minimum absolute atomic E-state index is 0.125. The normalized spacial score (nSPS) is 11.2. The van der Waals surface area contributed by atoms with Crippen LogP contribution in [-0.4, -0.2) is 41.2 Å². The number of nitrogens with one attached hydrogen (secondary N) is 1. The molecule has 1 aromatic heterocycles. The number of aromatic carboxylic acids is 1. The number of aromatic amines is 1. The zero-order chi connectivity index (χ0) is 14.0. The Morgan fingerprint density at radius 2 is 1.95 bits per heavy atom. The Bertz CT molecular complexity index is 705.